The number of hydrogen-bond donors (Lipinski definition) is 1. The molecule has 1 aromatic carbocycles. The summed E-state index contributed by atoms with van der Waals surface area (Å²) in [6, 6.07) is 6.48. The lowest BCUT2D eigenvalue weighted by Crippen LogP contribution is -2.12. The van der Waals surface area contributed by atoms with Gasteiger partial charge in [-0.15, -0.1) is 0 Å². The molecule has 0 amide bonds. The van der Waals surface area contributed by atoms with Crippen LogP contribution in [0.1, 0.15) is 11.3 Å². The van der Waals surface area contributed by atoms with Gasteiger partial charge in [-0.1, -0.05) is 15.9 Å². The fraction of sp³-hybridized carbons (Fsp3) is 0.385. The van der Waals surface area contributed by atoms with Crippen molar-refractivity contribution < 1.29 is 0 Å². The first-order valence-electron chi connectivity index (χ1n) is 5.53. The molecule has 1 aromatic heterocycles. The lowest BCUT2D eigenvalue weighted by atomic mass is 10.1. The Bertz CT molecular complexity index is 514. The third-order valence-electron chi connectivity index (χ3n) is 3.17. The van der Waals surface area contributed by atoms with E-state index in [2.05, 4.69) is 58.0 Å². The van der Waals surface area contributed by atoms with Gasteiger partial charge in [0.25, 0.3) is 0 Å². The molecule has 0 unspecified atom stereocenters. The summed E-state index contributed by atoms with van der Waals surface area (Å²) in [5.74, 6) is 0. The molecule has 3 heteroatoms. The van der Waals surface area contributed by atoms with Crippen molar-refractivity contribution in [2.24, 2.45) is 7.05 Å². The van der Waals surface area contributed by atoms with Gasteiger partial charge in [0.2, 0.25) is 0 Å². The fourth-order valence-corrected chi connectivity index (χ4v) is 2.61. The van der Waals surface area contributed by atoms with Crippen LogP contribution in [-0.4, -0.2) is 18.2 Å². The molecule has 16 heavy (non-hydrogen) atoms. The monoisotopic (exact) mass is 280 g/mol. The number of nitrogens with zero attached hydrogens (tertiary/aromatic N) is 1. The van der Waals surface area contributed by atoms with Crippen molar-refractivity contribution in [1.29, 1.82) is 0 Å². The number of fused-ring (bicyclic) bond motifs is 1. The molecule has 0 atom stereocenters. The Morgan fingerprint density at radius 1 is 1.38 bits per heavy atom. The Hall–Kier alpha value is -0.800. The summed E-state index contributed by atoms with van der Waals surface area (Å²) in [4.78, 5) is 0. The van der Waals surface area contributed by atoms with Crippen molar-refractivity contribution in [1.82, 2.24) is 9.88 Å². The molecule has 0 saturated heterocycles. The first kappa shape index (κ1) is 11.7. The standard InChI is InChI=1S/C13H17BrN2/c1-9-11-8-10(14)4-5-13(11)16(3)12(9)6-7-15-2/h4-5,8,15H,6-7H2,1-3H3. The Balaban J connectivity index is 2.57. The van der Waals surface area contributed by atoms with Gasteiger partial charge in [-0.3, -0.25) is 0 Å². The summed E-state index contributed by atoms with van der Waals surface area (Å²) in [7, 11) is 4.14. The van der Waals surface area contributed by atoms with Crippen LogP contribution in [0.15, 0.2) is 22.7 Å². The van der Waals surface area contributed by atoms with Crippen molar-refractivity contribution in [3.63, 3.8) is 0 Å². The van der Waals surface area contributed by atoms with Crippen LogP contribution in [-0.2, 0) is 13.5 Å². The number of aryl methyl sites for hydroxylation is 2. The van der Waals surface area contributed by atoms with Gasteiger partial charge in [0.1, 0.15) is 0 Å². The number of aromatic nitrogens is 1. The van der Waals surface area contributed by atoms with Crippen molar-refractivity contribution >= 4 is 26.8 Å². The van der Waals surface area contributed by atoms with Crippen LogP contribution in [0.3, 0.4) is 0 Å². The molecule has 0 aliphatic heterocycles. The molecule has 0 aliphatic rings. The highest BCUT2D eigenvalue weighted by Gasteiger charge is 2.10. The molecule has 0 spiro atoms. The van der Waals surface area contributed by atoms with E-state index < -0.39 is 0 Å². The lowest BCUT2D eigenvalue weighted by Gasteiger charge is -2.04. The van der Waals surface area contributed by atoms with E-state index in [-0.39, 0.29) is 0 Å². The Morgan fingerprint density at radius 2 is 2.12 bits per heavy atom. The second kappa shape index (κ2) is 4.60. The first-order valence-corrected chi connectivity index (χ1v) is 6.32. The predicted molar refractivity (Wildman–Crippen MR) is 73.0 cm³/mol. The Morgan fingerprint density at radius 3 is 2.81 bits per heavy atom. The van der Waals surface area contributed by atoms with Gasteiger partial charge in [-0.05, 0) is 37.7 Å². The second-order valence-electron chi connectivity index (χ2n) is 4.15. The molecule has 2 rings (SSSR count). The van der Waals surface area contributed by atoms with E-state index in [1.165, 1.54) is 22.2 Å². The SMILES string of the molecule is CNCCc1c(C)c2cc(Br)ccc2n1C. The zero-order valence-electron chi connectivity index (χ0n) is 9.97. The van der Waals surface area contributed by atoms with E-state index in [9.17, 15) is 0 Å². The minimum atomic E-state index is 1.02. The summed E-state index contributed by atoms with van der Waals surface area (Å²) in [6.07, 6.45) is 1.07. The molecule has 2 nitrogen and oxygen atoms in total. The van der Waals surface area contributed by atoms with Crippen LogP contribution in [0, 0.1) is 6.92 Å². The minimum absolute atomic E-state index is 1.02. The average molecular weight is 281 g/mol. The summed E-state index contributed by atoms with van der Waals surface area (Å²) in [5.41, 5.74) is 4.13. The maximum absolute atomic E-state index is 3.53. The summed E-state index contributed by atoms with van der Waals surface area (Å²) >= 11 is 3.53. The molecule has 0 fully saturated rings. The topological polar surface area (TPSA) is 17.0 Å². The van der Waals surface area contributed by atoms with E-state index in [1.54, 1.807) is 0 Å². The van der Waals surface area contributed by atoms with Crippen LogP contribution in [0.25, 0.3) is 10.9 Å². The zero-order valence-corrected chi connectivity index (χ0v) is 11.6. The van der Waals surface area contributed by atoms with E-state index in [0.717, 1.165) is 17.4 Å². The van der Waals surface area contributed by atoms with Gasteiger partial charge in [-0.25, -0.2) is 0 Å². The van der Waals surface area contributed by atoms with Gasteiger partial charge < -0.3 is 9.88 Å². The number of rotatable bonds is 3. The number of halogens is 1. The third kappa shape index (κ3) is 1.89. The van der Waals surface area contributed by atoms with E-state index in [4.69, 9.17) is 0 Å². The summed E-state index contributed by atoms with van der Waals surface area (Å²) in [6.45, 7) is 3.23. The largest absolute Gasteiger partial charge is 0.347 e. The van der Waals surface area contributed by atoms with Crippen molar-refractivity contribution in [3.8, 4) is 0 Å². The molecule has 0 radical (unpaired) electrons. The predicted octanol–water partition coefficient (Wildman–Crippen LogP) is 3.01. The lowest BCUT2D eigenvalue weighted by molar-refractivity contribution is 0.742. The van der Waals surface area contributed by atoms with Crippen LogP contribution in [0.4, 0.5) is 0 Å². The fourth-order valence-electron chi connectivity index (χ4n) is 2.25. The molecular formula is C13H17BrN2. The highest BCUT2D eigenvalue weighted by molar-refractivity contribution is 9.10. The normalized spacial score (nSPS) is 11.2. The summed E-state index contributed by atoms with van der Waals surface area (Å²) < 4.78 is 3.45. The minimum Gasteiger partial charge on any atom is -0.347 e. The molecule has 0 bridgehead atoms. The highest BCUT2D eigenvalue weighted by atomic mass is 79.9. The number of likely N-dealkylation sites (N-methyl/N-ethyl adjacent to an activating group) is 1. The van der Waals surface area contributed by atoms with Gasteiger partial charge >= 0.3 is 0 Å². The number of nitrogens with one attached hydrogen (secondary N) is 1. The molecule has 2 aromatic rings. The first-order chi connectivity index (χ1) is 7.65. The van der Waals surface area contributed by atoms with Gasteiger partial charge in [0.15, 0.2) is 0 Å². The van der Waals surface area contributed by atoms with Crippen LogP contribution in [0.5, 0.6) is 0 Å². The van der Waals surface area contributed by atoms with Gasteiger partial charge in [-0.2, -0.15) is 0 Å². The molecule has 1 N–H and O–H groups in total. The quantitative estimate of drug-likeness (QED) is 0.915. The Kier molecular flexibility index (Phi) is 3.36. The number of benzene rings is 1. The molecule has 86 valence electrons. The van der Waals surface area contributed by atoms with Gasteiger partial charge in [0.05, 0.1) is 0 Å². The Labute approximate surface area is 105 Å². The van der Waals surface area contributed by atoms with Crippen LogP contribution >= 0.6 is 15.9 Å². The number of hydrogen-bond acceptors (Lipinski definition) is 1. The van der Waals surface area contributed by atoms with Crippen molar-refractivity contribution in [2.75, 3.05) is 13.6 Å². The van der Waals surface area contributed by atoms with Crippen molar-refractivity contribution in [2.45, 2.75) is 13.3 Å². The average Bonchev–Trinajstić information content (AvgIpc) is 2.50. The zero-order chi connectivity index (χ0) is 11.7. The highest BCUT2D eigenvalue weighted by Crippen LogP contribution is 2.27. The molecule has 0 saturated carbocycles. The maximum atomic E-state index is 3.53. The van der Waals surface area contributed by atoms with Crippen LogP contribution in [0.2, 0.25) is 0 Å². The third-order valence-corrected chi connectivity index (χ3v) is 3.67. The summed E-state index contributed by atoms with van der Waals surface area (Å²) in [5, 5.41) is 4.55. The van der Waals surface area contributed by atoms with Crippen LogP contribution < -0.4 is 5.32 Å². The maximum Gasteiger partial charge on any atom is 0.0483 e. The second-order valence-corrected chi connectivity index (χ2v) is 5.06. The van der Waals surface area contributed by atoms with Gasteiger partial charge in [0, 0.05) is 41.1 Å². The van der Waals surface area contributed by atoms with E-state index >= 15 is 0 Å². The molecule has 1 heterocycles. The van der Waals surface area contributed by atoms with Crippen molar-refractivity contribution in [3.05, 3.63) is 33.9 Å². The van der Waals surface area contributed by atoms with E-state index in [0.29, 0.717) is 0 Å². The smallest absolute Gasteiger partial charge is 0.0483 e. The molecular weight excluding hydrogens is 264 g/mol. The molecule has 0 aliphatic carbocycles. The van der Waals surface area contributed by atoms with E-state index in [1.807, 2.05) is 7.05 Å².